The molecule has 0 amide bonds. The molecule has 0 bridgehead atoms. The van der Waals surface area contributed by atoms with E-state index in [9.17, 15) is 13.2 Å². The molecule has 0 spiro atoms. The van der Waals surface area contributed by atoms with Gasteiger partial charge in [-0.3, -0.25) is 4.90 Å². The highest BCUT2D eigenvalue weighted by Gasteiger charge is 2.32. The van der Waals surface area contributed by atoms with Crippen LogP contribution in [-0.2, 0) is 0 Å². The molecular formula is C11H21F3N2. The summed E-state index contributed by atoms with van der Waals surface area (Å²) in [5, 5.41) is 0. The van der Waals surface area contributed by atoms with Gasteiger partial charge in [-0.25, -0.2) is 0 Å². The highest BCUT2D eigenvalue weighted by molar-refractivity contribution is 4.73. The molecule has 0 aromatic carbocycles. The first-order chi connectivity index (χ1) is 7.51. The summed E-state index contributed by atoms with van der Waals surface area (Å²) in [5.74, 6) is 0.397. The van der Waals surface area contributed by atoms with Crippen LogP contribution in [-0.4, -0.2) is 37.3 Å². The van der Waals surface area contributed by atoms with Crippen molar-refractivity contribution in [3.63, 3.8) is 0 Å². The third-order valence-corrected chi connectivity index (χ3v) is 3.07. The van der Waals surface area contributed by atoms with Gasteiger partial charge < -0.3 is 5.73 Å². The van der Waals surface area contributed by atoms with Crippen molar-refractivity contribution in [2.24, 2.45) is 11.7 Å². The van der Waals surface area contributed by atoms with Crippen molar-refractivity contribution in [3.05, 3.63) is 0 Å². The molecule has 1 unspecified atom stereocenters. The second-order valence-electron chi connectivity index (χ2n) is 4.64. The molecule has 1 heterocycles. The molecule has 16 heavy (non-hydrogen) atoms. The first kappa shape index (κ1) is 13.8. The summed E-state index contributed by atoms with van der Waals surface area (Å²) in [6, 6.07) is 0. The van der Waals surface area contributed by atoms with Crippen molar-refractivity contribution in [3.8, 4) is 0 Å². The lowest BCUT2D eigenvalue weighted by molar-refractivity contribution is -0.146. The van der Waals surface area contributed by atoms with Crippen LogP contribution in [0.2, 0.25) is 0 Å². The lowest BCUT2D eigenvalue weighted by atomic mass is 9.98. The molecule has 1 saturated heterocycles. The molecule has 0 aliphatic carbocycles. The summed E-state index contributed by atoms with van der Waals surface area (Å²) in [4.78, 5) is 1.55. The lowest BCUT2D eigenvalue weighted by Gasteiger charge is -2.25. The minimum Gasteiger partial charge on any atom is -0.330 e. The van der Waals surface area contributed by atoms with Crippen LogP contribution in [0.1, 0.15) is 32.1 Å². The topological polar surface area (TPSA) is 29.3 Å². The molecule has 1 atom stereocenters. The van der Waals surface area contributed by atoms with Crippen molar-refractivity contribution in [1.29, 1.82) is 0 Å². The van der Waals surface area contributed by atoms with E-state index >= 15 is 0 Å². The predicted molar refractivity (Wildman–Crippen MR) is 58.1 cm³/mol. The highest BCUT2D eigenvalue weighted by atomic mass is 19.4. The van der Waals surface area contributed by atoms with Gasteiger partial charge in [0, 0.05) is 6.54 Å². The molecule has 0 aromatic heterocycles. The van der Waals surface area contributed by atoms with Crippen molar-refractivity contribution in [2.45, 2.75) is 38.3 Å². The number of likely N-dealkylation sites (tertiary alicyclic amines) is 1. The first-order valence-electron chi connectivity index (χ1n) is 6.00. The maximum absolute atomic E-state index is 12.3. The number of rotatable bonds is 4. The van der Waals surface area contributed by atoms with Gasteiger partial charge in [0.25, 0.3) is 0 Å². The number of hydrogen-bond donors (Lipinski definition) is 1. The molecule has 1 aliphatic rings. The van der Waals surface area contributed by atoms with Gasteiger partial charge in [-0.1, -0.05) is 6.42 Å². The fourth-order valence-electron chi connectivity index (χ4n) is 2.36. The van der Waals surface area contributed by atoms with E-state index in [0.717, 1.165) is 32.1 Å². The minimum atomic E-state index is -4.07. The van der Waals surface area contributed by atoms with E-state index in [-0.39, 0.29) is 0 Å². The lowest BCUT2D eigenvalue weighted by Crippen LogP contribution is -2.37. The van der Waals surface area contributed by atoms with Gasteiger partial charge in [0.2, 0.25) is 0 Å². The molecule has 96 valence electrons. The van der Waals surface area contributed by atoms with Crippen molar-refractivity contribution in [2.75, 3.05) is 26.2 Å². The summed E-state index contributed by atoms with van der Waals surface area (Å²) in [6.45, 7) is 1.04. The van der Waals surface area contributed by atoms with E-state index in [1.54, 1.807) is 4.90 Å². The number of hydrogen-bond acceptors (Lipinski definition) is 2. The Labute approximate surface area is 95.0 Å². The largest absolute Gasteiger partial charge is 0.401 e. The van der Waals surface area contributed by atoms with Crippen LogP contribution in [0.25, 0.3) is 0 Å². The summed E-state index contributed by atoms with van der Waals surface area (Å²) in [5.41, 5.74) is 5.43. The fourth-order valence-corrected chi connectivity index (χ4v) is 2.36. The van der Waals surface area contributed by atoms with Crippen LogP contribution >= 0.6 is 0 Å². The monoisotopic (exact) mass is 238 g/mol. The zero-order valence-electron chi connectivity index (χ0n) is 9.60. The normalized spacial score (nSPS) is 24.4. The quantitative estimate of drug-likeness (QED) is 0.814. The highest BCUT2D eigenvalue weighted by Crippen LogP contribution is 2.24. The molecule has 1 fully saturated rings. The van der Waals surface area contributed by atoms with Crippen LogP contribution in [0, 0.1) is 5.92 Å². The minimum absolute atomic E-state index is 0.397. The summed E-state index contributed by atoms with van der Waals surface area (Å²) < 4.78 is 36.9. The Kier molecular flexibility index (Phi) is 5.55. The van der Waals surface area contributed by atoms with Gasteiger partial charge >= 0.3 is 6.18 Å². The van der Waals surface area contributed by atoms with Crippen LogP contribution in [0.3, 0.4) is 0 Å². The maximum atomic E-state index is 12.3. The van der Waals surface area contributed by atoms with Crippen molar-refractivity contribution < 1.29 is 13.2 Å². The van der Waals surface area contributed by atoms with E-state index < -0.39 is 12.7 Å². The van der Waals surface area contributed by atoms with Crippen molar-refractivity contribution >= 4 is 0 Å². The zero-order valence-corrected chi connectivity index (χ0v) is 9.60. The summed E-state index contributed by atoms with van der Waals surface area (Å²) >= 11 is 0. The number of nitrogens with zero attached hydrogens (tertiary/aromatic N) is 1. The van der Waals surface area contributed by atoms with E-state index in [1.807, 2.05) is 0 Å². The Bertz CT molecular complexity index is 194. The third kappa shape index (κ3) is 5.70. The third-order valence-electron chi connectivity index (χ3n) is 3.07. The number of halogens is 3. The molecule has 1 rings (SSSR count). The molecule has 1 aliphatic heterocycles. The standard InChI is InChI=1S/C11H21F3N2/c12-11(13,14)9-16-7-2-1-4-10(8-16)5-3-6-15/h10H,1-9,15H2. The van der Waals surface area contributed by atoms with E-state index in [2.05, 4.69) is 0 Å². The summed E-state index contributed by atoms with van der Waals surface area (Å²) in [6.07, 6.45) is 0.797. The molecule has 0 aromatic rings. The van der Waals surface area contributed by atoms with Crippen LogP contribution in [0.4, 0.5) is 13.2 Å². The second kappa shape index (κ2) is 6.45. The molecule has 5 heteroatoms. The van der Waals surface area contributed by atoms with Crippen molar-refractivity contribution in [1.82, 2.24) is 4.90 Å². The van der Waals surface area contributed by atoms with E-state index in [1.165, 1.54) is 0 Å². The van der Waals surface area contributed by atoms with Gasteiger partial charge in [-0.05, 0) is 44.7 Å². The average molecular weight is 238 g/mol. The second-order valence-corrected chi connectivity index (χ2v) is 4.64. The molecule has 2 nitrogen and oxygen atoms in total. The van der Waals surface area contributed by atoms with Crippen LogP contribution in [0.5, 0.6) is 0 Å². The van der Waals surface area contributed by atoms with Crippen LogP contribution in [0.15, 0.2) is 0 Å². The Balaban J connectivity index is 2.39. The Morgan fingerprint density at radius 1 is 1.25 bits per heavy atom. The van der Waals surface area contributed by atoms with E-state index in [4.69, 9.17) is 5.73 Å². The fraction of sp³-hybridized carbons (Fsp3) is 1.00. The number of nitrogens with two attached hydrogens (primary N) is 1. The molecular weight excluding hydrogens is 217 g/mol. The number of alkyl halides is 3. The van der Waals surface area contributed by atoms with Gasteiger partial charge in [0.1, 0.15) is 0 Å². The Morgan fingerprint density at radius 2 is 2.00 bits per heavy atom. The smallest absolute Gasteiger partial charge is 0.330 e. The predicted octanol–water partition coefficient (Wildman–Crippen LogP) is 2.39. The summed E-state index contributed by atoms with van der Waals surface area (Å²) in [7, 11) is 0. The zero-order chi connectivity index (χ0) is 12.0. The molecule has 0 saturated carbocycles. The van der Waals surface area contributed by atoms with Gasteiger partial charge in [0.15, 0.2) is 0 Å². The van der Waals surface area contributed by atoms with Gasteiger partial charge in [-0.2, -0.15) is 13.2 Å². The maximum Gasteiger partial charge on any atom is 0.401 e. The Hall–Kier alpha value is -0.290. The molecule has 0 radical (unpaired) electrons. The van der Waals surface area contributed by atoms with Gasteiger partial charge in [-0.15, -0.1) is 0 Å². The van der Waals surface area contributed by atoms with E-state index in [0.29, 0.717) is 25.6 Å². The van der Waals surface area contributed by atoms with Gasteiger partial charge in [0.05, 0.1) is 6.54 Å². The molecule has 2 N–H and O–H groups in total. The first-order valence-corrected chi connectivity index (χ1v) is 6.00. The Morgan fingerprint density at radius 3 is 2.62 bits per heavy atom. The average Bonchev–Trinajstić information content (AvgIpc) is 2.37. The van der Waals surface area contributed by atoms with Crippen LogP contribution < -0.4 is 5.73 Å². The SMILES string of the molecule is NCCCC1CCCCN(CC(F)(F)F)C1.